The number of benzene rings is 1. The van der Waals surface area contributed by atoms with Crippen LogP contribution in [0.2, 0.25) is 0 Å². The Kier molecular flexibility index (Phi) is 3.32. The smallest absolute Gasteiger partial charge is 0.344 e. The maximum absolute atomic E-state index is 11.1. The lowest BCUT2D eigenvalue weighted by Crippen LogP contribution is -2.25. The van der Waals surface area contributed by atoms with Crippen molar-refractivity contribution < 1.29 is 14.6 Å². The van der Waals surface area contributed by atoms with Crippen LogP contribution in [-0.2, 0) is 4.79 Å². The third-order valence-corrected chi connectivity index (χ3v) is 2.62. The fraction of sp³-hybridized carbons (Fsp3) is 0.231. The summed E-state index contributed by atoms with van der Waals surface area (Å²) in [5.41, 5.74) is 0.520. The van der Waals surface area contributed by atoms with Gasteiger partial charge in [0.1, 0.15) is 5.75 Å². The van der Waals surface area contributed by atoms with Crippen LogP contribution in [0.5, 0.6) is 5.75 Å². The van der Waals surface area contributed by atoms with Gasteiger partial charge in [0.15, 0.2) is 6.10 Å². The molecule has 2 rings (SSSR count). The number of aromatic amines is 1. The Hall–Kier alpha value is -2.30. The number of fused-ring (bicyclic) bond motifs is 1. The summed E-state index contributed by atoms with van der Waals surface area (Å²) in [6, 6.07) is 8.13. The van der Waals surface area contributed by atoms with E-state index in [9.17, 15) is 9.59 Å². The molecule has 1 aromatic heterocycles. The summed E-state index contributed by atoms with van der Waals surface area (Å²) in [5.74, 6) is -0.511. The van der Waals surface area contributed by atoms with Crippen LogP contribution in [0, 0.1) is 0 Å². The summed E-state index contributed by atoms with van der Waals surface area (Å²) in [6.07, 6.45) is -0.468. The quantitative estimate of drug-likeness (QED) is 0.862. The molecule has 0 amide bonds. The lowest BCUT2D eigenvalue weighted by molar-refractivity contribution is -0.145. The number of pyridine rings is 1. The van der Waals surface area contributed by atoms with Crippen LogP contribution < -0.4 is 10.3 Å². The molecule has 0 bridgehead atoms. The third-order valence-electron chi connectivity index (χ3n) is 2.62. The molecule has 1 heterocycles. The number of carboxylic acid groups (broad SMARTS) is 1. The number of ether oxygens (including phenoxy) is 1. The van der Waals surface area contributed by atoms with Gasteiger partial charge in [0.25, 0.3) is 0 Å². The molecule has 0 saturated heterocycles. The van der Waals surface area contributed by atoms with Gasteiger partial charge in [0.2, 0.25) is 5.56 Å². The van der Waals surface area contributed by atoms with Gasteiger partial charge in [-0.15, -0.1) is 0 Å². The number of H-pyrrole nitrogens is 1. The van der Waals surface area contributed by atoms with Crippen LogP contribution in [-0.4, -0.2) is 22.2 Å². The third kappa shape index (κ3) is 2.51. The van der Waals surface area contributed by atoms with Gasteiger partial charge < -0.3 is 14.8 Å². The molecule has 18 heavy (non-hydrogen) atoms. The zero-order chi connectivity index (χ0) is 13.1. The van der Waals surface area contributed by atoms with Crippen LogP contribution in [0.4, 0.5) is 0 Å². The van der Waals surface area contributed by atoms with Crippen molar-refractivity contribution in [2.75, 3.05) is 0 Å². The number of carboxylic acids is 1. The SMILES string of the molecule is CCC(Oc1ccc2[nH]c(=O)ccc2c1)C(=O)O. The van der Waals surface area contributed by atoms with Crippen molar-refractivity contribution in [3.63, 3.8) is 0 Å². The Bertz CT molecular complexity index is 632. The van der Waals surface area contributed by atoms with Gasteiger partial charge in [-0.25, -0.2) is 4.79 Å². The van der Waals surface area contributed by atoms with E-state index in [1.54, 1.807) is 31.2 Å². The average molecular weight is 247 g/mol. The van der Waals surface area contributed by atoms with E-state index in [1.807, 2.05) is 0 Å². The predicted octanol–water partition coefficient (Wildman–Crippen LogP) is 1.77. The molecule has 5 heteroatoms. The number of rotatable bonds is 4. The second-order valence-corrected chi connectivity index (χ2v) is 3.92. The molecule has 0 aliphatic rings. The molecule has 2 aromatic rings. The van der Waals surface area contributed by atoms with Gasteiger partial charge in [0.05, 0.1) is 0 Å². The van der Waals surface area contributed by atoms with E-state index in [1.165, 1.54) is 6.07 Å². The highest BCUT2D eigenvalue weighted by Crippen LogP contribution is 2.19. The van der Waals surface area contributed by atoms with Crippen molar-refractivity contribution in [1.29, 1.82) is 0 Å². The summed E-state index contributed by atoms with van der Waals surface area (Å²) >= 11 is 0. The number of hydrogen-bond donors (Lipinski definition) is 2. The number of aliphatic carboxylic acids is 1. The minimum Gasteiger partial charge on any atom is -0.479 e. The Morgan fingerprint density at radius 2 is 2.17 bits per heavy atom. The van der Waals surface area contributed by atoms with Gasteiger partial charge in [0, 0.05) is 17.0 Å². The van der Waals surface area contributed by atoms with Gasteiger partial charge >= 0.3 is 5.97 Å². The minimum atomic E-state index is -0.987. The van der Waals surface area contributed by atoms with Crippen LogP contribution >= 0.6 is 0 Å². The molecule has 1 aromatic carbocycles. The zero-order valence-electron chi connectivity index (χ0n) is 9.84. The first-order valence-corrected chi connectivity index (χ1v) is 5.62. The predicted molar refractivity (Wildman–Crippen MR) is 66.9 cm³/mol. The normalized spacial score (nSPS) is 12.3. The van der Waals surface area contributed by atoms with Crippen molar-refractivity contribution in [3.8, 4) is 5.75 Å². The van der Waals surface area contributed by atoms with Crippen molar-refractivity contribution in [2.24, 2.45) is 0 Å². The van der Waals surface area contributed by atoms with Gasteiger partial charge in [-0.3, -0.25) is 4.79 Å². The highest BCUT2D eigenvalue weighted by atomic mass is 16.5. The lowest BCUT2D eigenvalue weighted by atomic mass is 10.2. The first kappa shape index (κ1) is 12.2. The monoisotopic (exact) mass is 247 g/mol. The standard InChI is InChI=1S/C13H13NO4/c1-2-11(13(16)17)18-9-4-5-10-8(7-9)3-6-12(15)14-10/h3-7,11H,2H2,1H3,(H,14,15)(H,16,17). The fourth-order valence-corrected chi connectivity index (χ4v) is 1.68. The highest BCUT2D eigenvalue weighted by molar-refractivity contribution is 5.80. The zero-order valence-corrected chi connectivity index (χ0v) is 9.84. The molecule has 0 fully saturated rings. The maximum atomic E-state index is 11.1. The Labute approximate surface area is 103 Å². The topological polar surface area (TPSA) is 79.4 Å². The molecule has 2 N–H and O–H groups in total. The van der Waals surface area contributed by atoms with E-state index in [0.29, 0.717) is 17.7 Å². The van der Waals surface area contributed by atoms with Crippen LogP contribution in [0.3, 0.4) is 0 Å². The van der Waals surface area contributed by atoms with E-state index in [4.69, 9.17) is 9.84 Å². The van der Waals surface area contributed by atoms with Gasteiger partial charge in [-0.1, -0.05) is 6.92 Å². The van der Waals surface area contributed by atoms with Crippen LogP contribution in [0.15, 0.2) is 35.1 Å². The molecule has 0 spiro atoms. The molecule has 0 saturated carbocycles. The van der Waals surface area contributed by atoms with Gasteiger partial charge in [-0.05, 0) is 30.7 Å². The summed E-state index contributed by atoms with van der Waals surface area (Å²) in [5, 5.41) is 9.71. The van der Waals surface area contributed by atoms with Crippen molar-refractivity contribution in [3.05, 3.63) is 40.7 Å². The molecule has 1 atom stereocenters. The minimum absolute atomic E-state index is 0.173. The summed E-state index contributed by atoms with van der Waals surface area (Å²) in [4.78, 5) is 24.7. The molecule has 94 valence electrons. The Morgan fingerprint density at radius 3 is 2.83 bits per heavy atom. The second kappa shape index (κ2) is 4.91. The fourth-order valence-electron chi connectivity index (χ4n) is 1.68. The van der Waals surface area contributed by atoms with Crippen LogP contribution in [0.25, 0.3) is 10.9 Å². The van der Waals surface area contributed by atoms with Crippen molar-refractivity contribution >= 4 is 16.9 Å². The van der Waals surface area contributed by atoms with Crippen LogP contribution in [0.1, 0.15) is 13.3 Å². The highest BCUT2D eigenvalue weighted by Gasteiger charge is 2.16. The van der Waals surface area contributed by atoms with Crippen molar-refractivity contribution in [1.82, 2.24) is 4.98 Å². The van der Waals surface area contributed by atoms with E-state index >= 15 is 0 Å². The summed E-state index contributed by atoms with van der Waals surface area (Å²) < 4.78 is 5.37. The Morgan fingerprint density at radius 1 is 1.39 bits per heavy atom. The second-order valence-electron chi connectivity index (χ2n) is 3.92. The molecule has 1 unspecified atom stereocenters. The number of aromatic nitrogens is 1. The average Bonchev–Trinajstić information content (AvgIpc) is 2.35. The van der Waals surface area contributed by atoms with E-state index in [2.05, 4.69) is 4.98 Å². The molecule has 0 aliphatic carbocycles. The van der Waals surface area contributed by atoms with E-state index in [0.717, 1.165) is 5.39 Å². The molecule has 0 aliphatic heterocycles. The summed E-state index contributed by atoms with van der Waals surface area (Å²) in [7, 11) is 0. The lowest BCUT2D eigenvalue weighted by Gasteiger charge is -2.13. The first-order chi connectivity index (χ1) is 8.60. The molecule has 5 nitrogen and oxygen atoms in total. The molecular weight excluding hydrogens is 234 g/mol. The number of hydrogen-bond acceptors (Lipinski definition) is 3. The maximum Gasteiger partial charge on any atom is 0.344 e. The van der Waals surface area contributed by atoms with E-state index in [-0.39, 0.29) is 5.56 Å². The van der Waals surface area contributed by atoms with Crippen molar-refractivity contribution in [2.45, 2.75) is 19.4 Å². The Balaban J connectivity index is 2.33. The van der Waals surface area contributed by atoms with Gasteiger partial charge in [-0.2, -0.15) is 0 Å². The first-order valence-electron chi connectivity index (χ1n) is 5.62. The van der Waals surface area contributed by atoms with E-state index < -0.39 is 12.1 Å². The summed E-state index contributed by atoms with van der Waals surface area (Å²) in [6.45, 7) is 1.75. The molecular formula is C13H13NO4. The molecule has 0 radical (unpaired) electrons. The number of carbonyl (C=O) groups is 1. The largest absolute Gasteiger partial charge is 0.479 e. The number of nitrogens with one attached hydrogen (secondary N) is 1.